The van der Waals surface area contributed by atoms with Gasteiger partial charge in [-0.1, -0.05) is 25.1 Å². The van der Waals surface area contributed by atoms with E-state index < -0.39 is 10.0 Å². The van der Waals surface area contributed by atoms with Crippen LogP contribution in [-0.4, -0.2) is 26.6 Å². The summed E-state index contributed by atoms with van der Waals surface area (Å²) in [7, 11) is -3.22. The number of benzene rings is 2. The lowest BCUT2D eigenvalue weighted by Crippen LogP contribution is -2.25. The molecule has 0 aliphatic carbocycles. The Hall–Kier alpha value is -2.34. The van der Waals surface area contributed by atoms with Gasteiger partial charge in [-0.3, -0.25) is 9.10 Å². The quantitative estimate of drug-likeness (QED) is 0.927. The SMILES string of the molecule is CCc1ccc(C(=O)Nc2cccc(N3CCCS3(=O)=O)c2)cc1. The first-order chi connectivity index (χ1) is 11.5. The maximum atomic E-state index is 12.3. The van der Waals surface area contributed by atoms with E-state index in [4.69, 9.17) is 0 Å². The Bertz CT molecular complexity index is 845. The predicted octanol–water partition coefficient (Wildman–Crippen LogP) is 3.04. The summed E-state index contributed by atoms with van der Waals surface area (Å²) < 4.78 is 25.4. The normalized spacial score (nSPS) is 16.1. The van der Waals surface area contributed by atoms with Crippen LogP contribution in [0.25, 0.3) is 0 Å². The van der Waals surface area contributed by atoms with Crippen LogP contribution in [0.3, 0.4) is 0 Å². The van der Waals surface area contributed by atoms with Crippen molar-refractivity contribution in [2.24, 2.45) is 0 Å². The second kappa shape index (κ2) is 6.65. The van der Waals surface area contributed by atoms with Crippen molar-refractivity contribution >= 4 is 27.3 Å². The Morgan fingerprint density at radius 2 is 1.92 bits per heavy atom. The third-order valence-corrected chi connectivity index (χ3v) is 5.99. The first kappa shape index (κ1) is 16.5. The molecule has 0 saturated carbocycles. The third-order valence-electron chi connectivity index (χ3n) is 4.12. The van der Waals surface area contributed by atoms with Gasteiger partial charge in [0.25, 0.3) is 5.91 Å². The number of nitrogens with zero attached hydrogens (tertiary/aromatic N) is 1. The molecule has 1 amide bonds. The van der Waals surface area contributed by atoms with E-state index in [-0.39, 0.29) is 11.7 Å². The second-order valence-corrected chi connectivity index (χ2v) is 7.81. The molecule has 2 aromatic rings. The highest BCUT2D eigenvalue weighted by molar-refractivity contribution is 7.93. The molecule has 1 fully saturated rings. The number of hydrogen-bond acceptors (Lipinski definition) is 3. The van der Waals surface area contributed by atoms with Crippen LogP contribution in [-0.2, 0) is 16.4 Å². The van der Waals surface area contributed by atoms with Crippen molar-refractivity contribution in [2.75, 3.05) is 21.9 Å². The van der Waals surface area contributed by atoms with Crippen LogP contribution < -0.4 is 9.62 Å². The minimum atomic E-state index is -3.22. The summed E-state index contributed by atoms with van der Waals surface area (Å²) >= 11 is 0. The van der Waals surface area contributed by atoms with Crippen LogP contribution in [0, 0.1) is 0 Å². The van der Waals surface area contributed by atoms with Crippen LogP contribution >= 0.6 is 0 Å². The molecule has 1 aliphatic heterocycles. The van der Waals surface area contributed by atoms with Gasteiger partial charge in [-0.05, 0) is 48.7 Å². The van der Waals surface area contributed by atoms with E-state index in [0.717, 1.165) is 6.42 Å². The van der Waals surface area contributed by atoms with Crippen LogP contribution in [0.1, 0.15) is 29.3 Å². The summed E-state index contributed by atoms with van der Waals surface area (Å²) in [5, 5.41) is 2.83. The molecule has 2 aromatic carbocycles. The van der Waals surface area contributed by atoms with Gasteiger partial charge in [0.1, 0.15) is 0 Å². The minimum Gasteiger partial charge on any atom is -0.322 e. The van der Waals surface area contributed by atoms with Crippen molar-refractivity contribution < 1.29 is 13.2 Å². The summed E-state index contributed by atoms with van der Waals surface area (Å²) in [5.74, 6) is -0.0352. The van der Waals surface area contributed by atoms with Gasteiger partial charge in [0, 0.05) is 17.8 Å². The lowest BCUT2D eigenvalue weighted by molar-refractivity contribution is 0.102. The molecule has 5 nitrogen and oxygen atoms in total. The molecule has 0 spiro atoms. The third kappa shape index (κ3) is 3.43. The highest BCUT2D eigenvalue weighted by atomic mass is 32.2. The van der Waals surface area contributed by atoms with Gasteiger partial charge in [-0.25, -0.2) is 8.42 Å². The van der Waals surface area contributed by atoms with Crippen LogP contribution in [0.4, 0.5) is 11.4 Å². The number of aryl methyl sites for hydroxylation is 1. The summed E-state index contributed by atoms with van der Waals surface area (Å²) in [6, 6.07) is 14.4. The van der Waals surface area contributed by atoms with Crippen molar-refractivity contribution in [3.8, 4) is 0 Å². The van der Waals surface area contributed by atoms with E-state index >= 15 is 0 Å². The second-order valence-electron chi connectivity index (χ2n) is 5.80. The smallest absolute Gasteiger partial charge is 0.255 e. The Morgan fingerprint density at radius 1 is 1.17 bits per heavy atom. The summed E-state index contributed by atoms with van der Waals surface area (Å²) in [5.41, 5.74) is 2.92. The topological polar surface area (TPSA) is 66.5 Å². The van der Waals surface area contributed by atoms with Crippen LogP contribution in [0.5, 0.6) is 0 Å². The van der Waals surface area contributed by atoms with Gasteiger partial charge in [-0.2, -0.15) is 0 Å². The molecule has 126 valence electrons. The first-order valence-electron chi connectivity index (χ1n) is 8.00. The van der Waals surface area contributed by atoms with Gasteiger partial charge in [0.05, 0.1) is 11.4 Å². The van der Waals surface area contributed by atoms with E-state index in [1.807, 2.05) is 12.1 Å². The number of carbonyl (C=O) groups is 1. The Balaban J connectivity index is 1.78. The molecule has 0 unspecified atom stereocenters. The average Bonchev–Trinajstić information content (AvgIpc) is 2.94. The highest BCUT2D eigenvalue weighted by Gasteiger charge is 2.28. The number of sulfonamides is 1. The molecular weight excluding hydrogens is 324 g/mol. The molecular formula is C18H20N2O3S. The standard InChI is InChI=1S/C18H20N2O3S/c1-2-14-7-9-15(10-8-14)18(21)19-16-5-3-6-17(13-16)20-11-4-12-24(20,22)23/h3,5-10,13H,2,4,11-12H2,1H3,(H,19,21). The molecule has 1 heterocycles. The number of carbonyl (C=O) groups excluding carboxylic acids is 1. The fraction of sp³-hybridized carbons (Fsp3) is 0.278. The molecule has 0 bridgehead atoms. The van der Waals surface area contributed by atoms with Crippen LogP contribution in [0.15, 0.2) is 48.5 Å². The average molecular weight is 344 g/mol. The highest BCUT2D eigenvalue weighted by Crippen LogP contribution is 2.26. The van der Waals surface area contributed by atoms with Gasteiger partial charge in [0.2, 0.25) is 10.0 Å². The number of anilines is 2. The molecule has 0 aromatic heterocycles. The molecule has 1 aliphatic rings. The Morgan fingerprint density at radius 3 is 2.54 bits per heavy atom. The number of amides is 1. The largest absolute Gasteiger partial charge is 0.322 e. The van der Waals surface area contributed by atoms with E-state index in [2.05, 4.69) is 12.2 Å². The molecule has 6 heteroatoms. The van der Waals surface area contributed by atoms with Crippen molar-refractivity contribution in [1.82, 2.24) is 0 Å². The molecule has 1 N–H and O–H groups in total. The van der Waals surface area contributed by atoms with Crippen LogP contribution in [0.2, 0.25) is 0 Å². The monoisotopic (exact) mass is 344 g/mol. The van der Waals surface area contributed by atoms with Gasteiger partial charge < -0.3 is 5.32 Å². The molecule has 0 radical (unpaired) electrons. The number of rotatable bonds is 4. The lowest BCUT2D eigenvalue weighted by Gasteiger charge is -2.17. The van der Waals surface area contributed by atoms with Gasteiger partial charge in [0.15, 0.2) is 0 Å². The Kier molecular flexibility index (Phi) is 4.57. The Labute approximate surface area is 142 Å². The fourth-order valence-corrected chi connectivity index (χ4v) is 4.32. The van der Waals surface area contributed by atoms with Crippen molar-refractivity contribution in [1.29, 1.82) is 0 Å². The van der Waals surface area contributed by atoms with Crippen molar-refractivity contribution in [3.63, 3.8) is 0 Å². The van der Waals surface area contributed by atoms with Crippen molar-refractivity contribution in [3.05, 3.63) is 59.7 Å². The summed E-state index contributed by atoms with van der Waals surface area (Å²) in [4.78, 5) is 12.3. The summed E-state index contributed by atoms with van der Waals surface area (Å²) in [6.45, 7) is 2.55. The zero-order valence-corrected chi connectivity index (χ0v) is 14.3. The molecule has 0 atom stereocenters. The number of hydrogen-bond donors (Lipinski definition) is 1. The summed E-state index contributed by atoms with van der Waals surface area (Å²) in [6.07, 6.45) is 1.55. The molecule has 1 saturated heterocycles. The number of nitrogens with one attached hydrogen (secondary N) is 1. The molecule has 24 heavy (non-hydrogen) atoms. The van der Waals surface area contributed by atoms with Crippen molar-refractivity contribution in [2.45, 2.75) is 19.8 Å². The van der Waals surface area contributed by atoms with E-state index in [0.29, 0.717) is 29.9 Å². The maximum absolute atomic E-state index is 12.3. The van der Waals surface area contributed by atoms with E-state index in [1.165, 1.54) is 9.87 Å². The predicted molar refractivity (Wildman–Crippen MR) is 96.0 cm³/mol. The van der Waals surface area contributed by atoms with E-state index in [9.17, 15) is 13.2 Å². The zero-order chi connectivity index (χ0) is 17.2. The lowest BCUT2D eigenvalue weighted by atomic mass is 10.1. The zero-order valence-electron chi connectivity index (χ0n) is 13.5. The molecule has 3 rings (SSSR count). The minimum absolute atomic E-state index is 0.174. The van der Waals surface area contributed by atoms with Gasteiger partial charge >= 0.3 is 0 Å². The maximum Gasteiger partial charge on any atom is 0.255 e. The van der Waals surface area contributed by atoms with E-state index in [1.54, 1.807) is 36.4 Å². The fourth-order valence-electron chi connectivity index (χ4n) is 2.76. The van der Waals surface area contributed by atoms with Gasteiger partial charge in [-0.15, -0.1) is 0 Å². The first-order valence-corrected chi connectivity index (χ1v) is 9.61.